The number of hydrogen-bond acceptors (Lipinski definition) is 6. The van der Waals surface area contributed by atoms with Crippen molar-refractivity contribution in [3.8, 4) is 0 Å². The predicted octanol–water partition coefficient (Wildman–Crippen LogP) is 8.18. The Morgan fingerprint density at radius 2 is 1.11 bits per heavy atom. The summed E-state index contributed by atoms with van der Waals surface area (Å²) in [5.41, 5.74) is 4.95. The summed E-state index contributed by atoms with van der Waals surface area (Å²) >= 11 is 11.9. The lowest BCUT2D eigenvalue weighted by Crippen LogP contribution is -2.14. The monoisotopic (exact) mass is 676 g/mol. The minimum Gasteiger partial charge on any atom is -0.382 e. The van der Waals surface area contributed by atoms with E-state index in [9.17, 15) is 13.9 Å². The van der Waals surface area contributed by atoms with Gasteiger partial charge in [-0.15, -0.1) is 0 Å². The summed E-state index contributed by atoms with van der Waals surface area (Å²) in [6, 6.07) is 19.6. The number of rotatable bonds is 9. The molecule has 4 atom stereocenters. The van der Waals surface area contributed by atoms with E-state index in [2.05, 4.69) is 19.9 Å². The number of aromatic nitrogens is 6. The van der Waals surface area contributed by atoms with E-state index in [1.165, 1.54) is 24.3 Å². The molecule has 6 rings (SSSR count). The summed E-state index contributed by atoms with van der Waals surface area (Å²) in [5, 5.41) is 11.3. The number of aliphatic hydroxyl groups excluding tert-OH is 1. The molecule has 4 aromatic heterocycles. The molecule has 0 saturated heterocycles. The largest absolute Gasteiger partial charge is 0.382 e. The maximum atomic E-state index is 13.2. The first-order valence-electron chi connectivity index (χ1n) is 14.6. The highest BCUT2D eigenvalue weighted by molar-refractivity contribution is 6.29. The average Bonchev–Trinajstić information content (AvgIpc) is 3.76. The van der Waals surface area contributed by atoms with E-state index in [0.717, 1.165) is 22.4 Å². The van der Waals surface area contributed by atoms with Crippen molar-refractivity contribution < 1.29 is 18.6 Å². The smallest absolute Gasteiger partial charge is 0.129 e. The Bertz CT molecular complexity index is 1900. The van der Waals surface area contributed by atoms with Crippen LogP contribution in [0.1, 0.15) is 71.8 Å². The Hall–Kier alpha value is -4.48. The molecular weight excluding hydrogens is 645 g/mol. The van der Waals surface area contributed by atoms with Crippen molar-refractivity contribution in [2.45, 2.75) is 38.1 Å². The van der Waals surface area contributed by atoms with Crippen molar-refractivity contribution in [2.24, 2.45) is 0 Å². The van der Waals surface area contributed by atoms with Crippen LogP contribution in [0.5, 0.6) is 0 Å². The Morgan fingerprint density at radius 3 is 1.60 bits per heavy atom. The van der Waals surface area contributed by atoms with Crippen LogP contribution < -0.4 is 0 Å². The first kappa shape index (κ1) is 33.9. The molecular formula is C35H32Cl2F2N6O2. The number of imidazole rings is 2. The lowest BCUT2D eigenvalue weighted by atomic mass is 10.1. The minimum atomic E-state index is -0.874. The molecule has 0 aliphatic rings. The highest BCUT2D eigenvalue weighted by Crippen LogP contribution is 2.31. The molecule has 2 unspecified atom stereocenters. The molecule has 4 heterocycles. The topological polar surface area (TPSA) is 90.9 Å². The van der Waals surface area contributed by atoms with Gasteiger partial charge in [0.15, 0.2) is 0 Å². The van der Waals surface area contributed by atoms with Crippen LogP contribution in [0.3, 0.4) is 0 Å². The van der Waals surface area contributed by atoms with Crippen molar-refractivity contribution >= 4 is 23.2 Å². The zero-order valence-corrected chi connectivity index (χ0v) is 27.3. The molecule has 0 spiro atoms. The summed E-state index contributed by atoms with van der Waals surface area (Å²) < 4.78 is 35.8. The normalized spacial score (nSPS) is 13.7. The third-order valence-corrected chi connectivity index (χ3v) is 8.25. The van der Waals surface area contributed by atoms with Gasteiger partial charge in [-0.25, -0.2) is 28.7 Å². The maximum absolute atomic E-state index is 13.2. The van der Waals surface area contributed by atoms with E-state index in [1.807, 2.05) is 29.0 Å². The fourth-order valence-corrected chi connectivity index (χ4v) is 5.63. The first-order chi connectivity index (χ1) is 22.7. The van der Waals surface area contributed by atoms with E-state index < -0.39 is 6.10 Å². The number of aliphatic hydroxyl groups is 1. The molecule has 47 heavy (non-hydrogen) atoms. The highest BCUT2D eigenvalue weighted by atomic mass is 35.5. The van der Waals surface area contributed by atoms with Crippen molar-refractivity contribution in [3.63, 3.8) is 0 Å². The summed E-state index contributed by atoms with van der Waals surface area (Å²) in [6.45, 7) is 4.00. The van der Waals surface area contributed by atoms with Gasteiger partial charge in [-0.2, -0.15) is 0 Å². The van der Waals surface area contributed by atoms with E-state index in [-0.39, 0.29) is 29.8 Å². The Morgan fingerprint density at radius 1 is 0.660 bits per heavy atom. The van der Waals surface area contributed by atoms with Gasteiger partial charge in [0, 0.05) is 19.5 Å². The second-order valence-electron chi connectivity index (χ2n) is 10.7. The second-order valence-corrected chi connectivity index (χ2v) is 11.5. The molecule has 0 aliphatic carbocycles. The van der Waals surface area contributed by atoms with Crippen LogP contribution in [0.2, 0.25) is 10.3 Å². The van der Waals surface area contributed by atoms with E-state index >= 15 is 0 Å². The van der Waals surface area contributed by atoms with E-state index in [4.69, 9.17) is 27.9 Å². The highest BCUT2D eigenvalue weighted by Gasteiger charge is 2.22. The number of pyridine rings is 2. The molecule has 8 nitrogen and oxygen atoms in total. The van der Waals surface area contributed by atoms with Crippen molar-refractivity contribution in [3.05, 3.63) is 166 Å². The van der Waals surface area contributed by atoms with Gasteiger partial charge in [0.25, 0.3) is 0 Å². The summed E-state index contributed by atoms with van der Waals surface area (Å²) in [4.78, 5) is 16.3. The summed E-state index contributed by atoms with van der Waals surface area (Å²) in [7, 11) is 1.64. The number of halogens is 4. The van der Waals surface area contributed by atoms with Crippen LogP contribution in [0, 0.1) is 11.6 Å². The minimum absolute atomic E-state index is 0.0157. The average molecular weight is 678 g/mol. The molecule has 12 heteroatoms. The van der Waals surface area contributed by atoms with E-state index in [0.29, 0.717) is 21.6 Å². The number of ether oxygens (including phenoxy) is 1. The standard InChI is InChI=1S/C18H17ClFN3O.C17H15ClFN3O/c1-12(13-3-5-15(20)6-4-13)23-11-21-10-16(23)18(24-2)14-7-8-22-17(19)9-14;1-11(12-2-4-14(19)5-3-12)22-10-20-9-15(22)17(23)13-6-7-21-16(18)8-13/h3-12,18H,1-2H3;2-11,17,23H,1H3/t12-,18?;11-,17?/m11/s1. The van der Waals surface area contributed by atoms with Gasteiger partial charge in [0.2, 0.25) is 0 Å². The zero-order valence-electron chi connectivity index (χ0n) is 25.8. The Balaban J connectivity index is 0.000000185. The number of nitrogens with zero attached hydrogens (tertiary/aromatic N) is 6. The third-order valence-electron chi connectivity index (χ3n) is 7.84. The summed E-state index contributed by atoms with van der Waals surface area (Å²) in [5.74, 6) is -0.531. The van der Waals surface area contributed by atoms with Crippen LogP contribution >= 0.6 is 23.2 Å². The number of hydrogen-bond donors (Lipinski definition) is 1. The molecule has 6 aromatic rings. The lowest BCUT2D eigenvalue weighted by molar-refractivity contribution is 0.128. The van der Waals surface area contributed by atoms with Crippen LogP contribution in [0.25, 0.3) is 0 Å². The molecule has 0 amide bonds. The second kappa shape index (κ2) is 15.4. The third kappa shape index (κ3) is 8.09. The van der Waals surface area contributed by atoms with Gasteiger partial charge in [-0.1, -0.05) is 47.5 Å². The molecule has 0 bridgehead atoms. The Kier molecular flexibility index (Phi) is 11.1. The molecule has 0 saturated carbocycles. The molecule has 0 aliphatic heterocycles. The quantitative estimate of drug-likeness (QED) is 0.155. The predicted molar refractivity (Wildman–Crippen MR) is 176 cm³/mol. The SMILES string of the molecule is COC(c1ccnc(Cl)c1)c1cncn1[C@H](C)c1ccc(F)cc1.C[C@H](c1ccc(F)cc1)n1cncc1C(O)c1ccnc(Cl)c1. The van der Waals surface area contributed by atoms with Gasteiger partial charge in [0.05, 0.1) is 48.5 Å². The van der Waals surface area contributed by atoms with Crippen LogP contribution in [-0.4, -0.2) is 41.3 Å². The van der Waals surface area contributed by atoms with Gasteiger partial charge < -0.3 is 19.0 Å². The van der Waals surface area contributed by atoms with Gasteiger partial charge in [0.1, 0.15) is 34.1 Å². The van der Waals surface area contributed by atoms with Crippen molar-refractivity contribution in [1.29, 1.82) is 0 Å². The van der Waals surface area contributed by atoms with Gasteiger partial charge in [-0.05, 0) is 84.6 Å². The number of methoxy groups -OCH3 is 1. The fraction of sp³-hybridized carbons (Fsp3) is 0.200. The van der Waals surface area contributed by atoms with Crippen molar-refractivity contribution in [2.75, 3.05) is 7.11 Å². The number of benzene rings is 2. The summed E-state index contributed by atoms with van der Waals surface area (Å²) in [6.07, 6.45) is 8.77. The molecule has 0 fully saturated rings. The fourth-order valence-electron chi connectivity index (χ4n) is 5.26. The molecule has 0 radical (unpaired) electrons. The van der Waals surface area contributed by atoms with E-state index in [1.54, 1.807) is 87.0 Å². The van der Waals surface area contributed by atoms with Crippen LogP contribution in [0.15, 0.2) is 110 Å². The maximum Gasteiger partial charge on any atom is 0.129 e. The Labute approximate surface area is 281 Å². The van der Waals surface area contributed by atoms with Crippen molar-refractivity contribution in [1.82, 2.24) is 29.1 Å². The van der Waals surface area contributed by atoms with Gasteiger partial charge >= 0.3 is 0 Å². The lowest BCUT2D eigenvalue weighted by Gasteiger charge is -2.22. The van der Waals surface area contributed by atoms with Gasteiger partial charge in [-0.3, -0.25) is 0 Å². The first-order valence-corrected chi connectivity index (χ1v) is 15.4. The molecule has 242 valence electrons. The van der Waals surface area contributed by atoms with Crippen LogP contribution in [0.4, 0.5) is 8.78 Å². The molecule has 1 N–H and O–H groups in total. The molecule has 2 aromatic carbocycles. The zero-order chi connectivity index (χ0) is 33.5. The van der Waals surface area contributed by atoms with Crippen LogP contribution in [-0.2, 0) is 4.74 Å².